The van der Waals surface area contributed by atoms with Crippen LogP contribution in [0.5, 0.6) is 0 Å². The molecule has 2 aromatic heterocycles. The number of hydrogen-bond acceptors (Lipinski definition) is 4. The topological polar surface area (TPSA) is 57.3 Å². The third-order valence-corrected chi connectivity index (χ3v) is 4.95. The van der Waals surface area contributed by atoms with Crippen LogP contribution in [-0.4, -0.2) is 9.55 Å². The van der Waals surface area contributed by atoms with Crippen molar-refractivity contribution in [2.75, 3.05) is 0 Å². The van der Waals surface area contributed by atoms with Crippen LogP contribution < -0.4 is 5.63 Å². The minimum Gasteiger partial charge on any atom is -0.423 e. The van der Waals surface area contributed by atoms with Crippen LogP contribution in [0.1, 0.15) is 17.2 Å². The van der Waals surface area contributed by atoms with Gasteiger partial charge in [-0.2, -0.15) is 0 Å². The first-order valence-electron chi connectivity index (χ1n) is 8.63. The van der Waals surface area contributed by atoms with Crippen LogP contribution >= 0.6 is 23.2 Å². The fourth-order valence-corrected chi connectivity index (χ4v) is 3.51. The van der Waals surface area contributed by atoms with E-state index < -0.39 is 0 Å². The SMILES string of the molecule is O=c1ccc2ccc(COC(Cn3ccnc3)c3ccc(Cl)cc3Cl)cc2o1. The van der Waals surface area contributed by atoms with Gasteiger partial charge >= 0.3 is 5.63 Å². The molecule has 0 saturated carbocycles. The van der Waals surface area contributed by atoms with E-state index >= 15 is 0 Å². The maximum Gasteiger partial charge on any atom is 0.336 e. The summed E-state index contributed by atoms with van der Waals surface area (Å²) in [5.74, 6) is 0. The largest absolute Gasteiger partial charge is 0.423 e. The third-order valence-electron chi connectivity index (χ3n) is 4.38. The van der Waals surface area contributed by atoms with E-state index in [0.717, 1.165) is 16.5 Å². The highest BCUT2D eigenvalue weighted by Crippen LogP contribution is 2.30. The molecule has 0 aliphatic heterocycles. The fraction of sp³-hybridized carbons (Fsp3) is 0.143. The summed E-state index contributed by atoms with van der Waals surface area (Å²) in [6.45, 7) is 0.872. The van der Waals surface area contributed by atoms with Gasteiger partial charge in [0.05, 0.1) is 19.5 Å². The van der Waals surface area contributed by atoms with E-state index in [4.69, 9.17) is 32.4 Å². The summed E-state index contributed by atoms with van der Waals surface area (Å²) in [7, 11) is 0. The van der Waals surface area contributed by atoms with Gasteiger partial charge in [-0.15, -0.1) is 0 Å². The Labute approximate surface area is 171 Å². The maximum absolute atomic E-state index is 11.5. The Kier molecular flexibility index (Phi) is 5.48. The van der Waals surface area contributed by atoms with Gasteiger partial charge in [-0.1, -0.05) is 41.4 Å². The number of ether oxygens (including phenoxy) is 1. The average Bonchev–Trinajstić information content (AvgIpc) is 3.18. The molecule has 1 atom stereocenters. The number of hydrogen-bond donors (Lipinski definition) is 0. The van der Waals surface area contributed by atoms with Crippen molar-refractivity contribution in [3.8, 4) is 0 Å². The zero-order chi connectivity index (χ0) is 19.5. The number of fused-ring (bicyclic) bond motifs is 1. The molecule has 2 aromatic carbocycles. The second-order valence-electron chi connectivity index (χ2n) is 6.35. The molecule has 0 aliphatic rings. The Hall–Kier alpha value is -2.60. The molecule has 4 aromatic rings. The van der Waals surface area contributed by atoms with Gasteiger partial charge in [-0.25, -0.2) is 9.78 Å². The van der Waals surface area contributed by atoms with Gasteiger partial charge in [0.2, 0.25) is 0 Å². The van der Waals surface area contributed by atoms with Crippen molar-refractivity contribution in [3.05, 3.63) is 98.8 Å². The molecule has 28 heavy (non-hydrogen) atoms. The summed E-state index contributed by atoms with van der Waals surface area (Å²) < 4.78 is 13.4. The highest BCUT2D eigenvalue weighted by atomic mass is 35.5. The maximum atomic E-state index is 11.5. The summed E-state index contributed by atoms with van der Waals surface area (Å²) >= 11 is 12.4. The third kappa shape index (κ3) is 4.28. The molecule has 0 fully saturated rings. The van der Waals surface area contributed by atoms with Crippen molar-refractivity contribution in [2.45, 2.75) is 19.3 Å². The Morgan fingerprint density at radius 2 is 1.96 bits per heavy atom. The number of benzene rings is 2. The zero-order valence-electron chi connectivity index (χ0n) is 14.7. The van der Waals surface area contributed by atoms with Crippen molar-refractivity contribution in [1.29, 1.82) is 0 Å². The molecule has 7 heteroatoms. The Balaban J connectivity index is 1.59. The predicted molar refractivity (Wildman–Crippen MR) is 109 cm³/mol. The number of aromatic nitrogens is 2. The molecule has 4 rings (SSSR count). The Bertz CT molecular complexity index is 1160. The van der Waals surface area contributed by atoms with E-state index in [1.165, 1.54) is 6.07 Å². The smallest absolute Gasteiger partial charge is 0.336 e. The molecular formula is C21H16Cl2N2O3. The molecule has 5 nitrogen and oxygen atoms in total. The van der Waals surface area contributed by atoms with Gasteiger partial charge in [0, 0.05) is 39.5 Å². The van der Waals surface area contributed by atoms with Gasteiger partial charge in [-0.3, -0.25) is 0 Å². The van der Waals surface area contributed by atoms with Gasteiger partial charge in [0.25, 0.3) is 0 Å². The monoisotopic (exact) mass is 414 g/mol. The second-order valence-corrected chi connectivity index (χ2v) is 7.20. The predicted octanol–water partition coefficient (Wildman–Crippen LogP) is 5.25. The van der Waals surface area contributed by atoms with Crippen molar-refractivity contribution in [2.24, 2.45) is 0 Å². The van der Waals surface area contributed by atoms with Crippen molar-refractivity contribution >= 4 is 34.2 Å². The average molecular weight is 415 g/mol. The van der Waals surface area contributed by atoms with Gasteiger partial charge in [0.15, 0.2) is 0 Å². The molecule has 0 N–H and O–H groups in total. The number of imidazole rings is 1. The second kappa shape index (κ2) is 8.19. The fourth-order valence-electron chi connectivity index (χ4n) is 2.98. The number of halogens is 2. The summed E-state index contributed by atoms with van der Waals surface area (Å²) in [5.41, 5.74) is 1.88. The van der Waals surface area contributed by atoms with Crippen molar-refractivity contribution in [3.63, 3.8) is 0 Å². The molecular weight excluding hydrogens is 399 g/mol. The lowest BCUT2D eigenvalue weighted by molar-refractivity contribution is 0.0280. The molecule has 0 spiro atoms. The minimum atomic E-state index is -0.378. The Morgan fingerprint density at radius 1 is 1.11 bits per heavy atom. The van der Waals surface area contributed by atoms with Crippen molar-refractivity contribution < 1.29 is 9.15 Å². The minimum absolute atomic E-state index is 0.308. The van der Waals surface area contributed by atoms with Gasteiger partial charge in [-0.05, 0) is 29.8 Å². The van der Waals surface area contributed by atoms with Crippen LogP contribution in [0.3, 0.4) is 0 Å². The van der Waals surface area contributed by atoms with E-state index in [-0.39, 0.29) is 11.7 Å². The van der Waals surface area contributed by atoms with Crippen molar-refractivity contribution in [1.82, 2.24) is 9.55 Å². The van der Waals surface area contributed by atoms with Crippen LogP contribution in [0.25, 0.3) is 11.0 Å². The highest BCUT2D eigenvalue weighted by molar-refractivity contribution is 6.35. The van der Waals surface area contributed by atoms with E-state index in [0.29, 0.717) is 28.8 Å². The van der Waals surface area contributed by atoms with E-state index in [1.807, 2.05) is 35.0 Å². The lowest BCUT2D eigenvalue weighted by atomic mass is 10.1. The van der Waals surface area contributed by atoms with E-state index in [2.05, 4.69) is 4.98 Å². The van der Waals surface area contributed by atoms with Crippen LogP contribution in [0.4, 0.5) is 0 Å². The molecule has 0 radical (unpaired) electrons. The molecule has 0 amide bonds. The first kappa shape index (κ1) is 18.7. The van der Waals surface area contributed by atoms with E-state index in [1.54, 1.807) is 30.7 Å². The van der Waals surface area contributed by atoms with Crippen LogP contribution in [0.15, 0.2) is 76.5 Å². The summed E-state index contributed by atoms with van der Waals surface area (Å²) in [6, 6.07) is 14.2. The van der Waals surface area contributed by atoms with Gasteiger partial charge < -0.3 is 13.7 Å². The number of nitrogens with zero attached hydrogens (tertiary/aromatic N) is 2. The quantitative estimate of drug-likeness (QED) is 0.404. The summed E-state index contributed by atoms with van der Waals surface area (Å²) in [5, 5.41) is 1.97. The highest BCUT2D eigenvalue weighted by Gasteiger charge is 2.17. The molecule has 0 aliphatic carbocycles. The molecule has 0 bridgehead atoms. The molecule has 1 unspecified atom stereocenters. The molecule has 142 valence electrons. The summed E-state index contributed by atoms with van der Waals surface area (Å²) in [6.07, 6.45) is 5.00. The standard InChI is InChI=1S/C21H16Cl2N2O3/c22-16-4-5-17(18(23)10-16)20(11-25-8-7-24-13-25)27-12-14-1-2-15-3-6-21(26)28-19(15)9-14/h1-10,13,20H,11-12H2. The van der Waals surface area contributed by atoms with Crippen LogP contribution in [-0.2, 0) is 17.9 Å². The summed E-state index contributed by atoms with van der Waals surface area (Å²) in [4.78, 5) is 15.5. The molecule has 0 saturated heterocycles. The molecule has 2 heterocycles. The zero-order valence-corrected chi connectivity index (χ0v) is 16.2. The first-order valence-corrected chi connectivity index (χ1v) is 9.39. The van der Waals surface area contributed by atoms with E-state index in [9.17, 15) is 4.79 Å². The lowest BCUT2D eigenvalue weighted by Crippen LogP contribution is -2.12. The Morgan fingerprint density at radius 3 is 2.75 bits per heavy atom. The normalized spacial score (nSPS) is 12.4. The van der Waals surface area contributed by atoms with Gasteiger partial charge in [0.1, 0.15) is 11.7 Å². The lowest BCUT2D eigenvalue weighted by Gasteiger charge is -2.20. The van der Waals surface area contributed by atoms with Crippen LogP contribution in [0.2, 0.25) is 10.0 Å². The van der Waals surface area contributed by atoms with Crippen LogP contribution in [0, 0.1) is 0 Å². The first-order chi connectivity index (χ1) is 13.6. The number of rotatable bonds is 6.